The molecule has 0 spiro atoms. The largest absolute Gasteiger partial charge is 0.338 e. The van der Waals surface area contributed by atoms with E-state index in [4.69, 9.17) is 0 Å². The Kier molecular flexibility index (Phi) is 3.30. The Bertz CT molecular complexity index is 681. The Labute approximate surface area is 124 Å². The van der Waals surface area contributed by atoms with Crippen molar-refractivity contribution in [3.8, 4) is 0 Å². The van der Waals surface area contributed by atoms with Gasteiger partial charge in [0, 0.05) is 37.9 Å². The van der Waals surface area contributed by atoms with Gasteiger partial charge in [-0.2, -0.15) is 0 Å². The van der Waals surface area contributed by atoms with Crippen LogP contribution in [0.1, 0.15) is 17.0 Å². The van der Waals surface area contributed by atoms with Gasteiger partial charge in [-0.25, -0.2) is 4.57 Å². The third-order valence-corrected chi connectivity index (χ3v) is 5.04. The molecule has 0 saturated carbocycles. The summed E-state index contributed by atoms with van der Waals surface area (Å²) in [6.45, 7) is 4.30. The first-order chi connectivity index (χ1) is 9.56. The van der Waals surface area contributed by atoms with E-state index in [0.717, 1.165) is 0 Å². The highest BCUT2D eigenvalue weighted by Crippen LogP contribution is 2.45. The van der Waals surface area contributed by atoms with E-state index in [9.17, 15) is 0 Å². The smallest absolute Gasteiger partial charge is 0.178 e. The van der Waals surface area contributed by atoms with Crippen LogP contribution in [0.25, 0.3) is 6.08 Å². The van der Waals surface area contributed by atoms with Crippen LogP contribution in [-0.2, 0) is 7.05 Å². The van der Waals surface area contributed by atoms with Gasteiger partial charge in [0.05, 0.1) is 10.7 Å². The summed E-state index contributed by atoms with van der Waals surface area (Å²) in [4.78, 5) is 3.59. The molecule has 0 unspecified atom stereocenters. The Morgan fingerprint density at radius 3 is 2.40 bits per heavy atom. The number of pyridine rings is 1. The Morgan fingerprint density at radius 2 is 1.75 bits per heavy atom. The zero-order valence-corrected chi connectivity index (χ0v) is 13.2. The summed E-state index contributed by atoms with van der Waals surface area (Å²) in [5.41, 5.74) is 5.11. The second-order valence-electron chi connectivity index (χ2n) is 5.24. The van der Waals surface area contributed by atoms with Crippen molar-refractivity contribution < 1.29 is 4.57 Å². The maximum atomic E-state index is 2.27. The summed E-state index contributed by atoms with van der Waals surface area (Å²) in [5, 5.41) is 1.28. The van der Waals surface area contributed by atoms with E-state index in [2.05, 4.69) is 79.9 Å². The molecule has 0 atom stereocenters. The zero-order chi connectivity index (χ0) is 14.3. The summed E-state index contributed by atoms with van der Waals surface area (Å²) in [6.07, 6.45) is 2.27. The lowest BCUT2D eigenvalue weighted by atomic mass is 10.2. The molecule has 2 heterocycles. The maximum Gasteiger partial charge on any atom is 0.178 e. The van der Waals surface area contributed by atoms with Gasteiger partial charge < -0.3 is 4.90 Å². The third-order valence-electron chi connectivity index (χ3n) is 3.87. The number of hydrogen-bond acceptors (Lipinski definition) is 2. The van der Waals surface area contributed by atoms with Crippen molar-refractivity contribution in [2.75, 3.05) is 11.9 Å². The van der Waals surface area contributed by atoms with Gasteiger partial charge in [0.15, 0.2) is 11.4 Å². The van der Waals surface area contributed by atoms with E-state index in [1.54, 1.807) is 0 Å². The van der Waals surface area contributed by atoms with Gasteiger partial charge in [-0.1, -0.05) is 23.9 Å². The van der Waals surface area contributed by atoms with Gasteiger partial charge in [-0.3, -0.25) is 0 Å². The topological polar surface area (TPSA) is 7.12 Å². The van der Waals surface area contributed by atoms with Crippen molar-refractivity contribution in [1.29, 1.82) is 0 Å². The van der Waals surface area contributed by atoms with E-state index in [1.165, 1.54) is 32.6 Å². The van der Waals surface area contributed by atoms with Crippen LogP contribution in [-0.4, -0.2) is 7.05 Å². The lowest BCUT2D eigenvalue weighted by Gasteiger charge is -2.13. The van der Waals surface area contributed by atoms with Crippen molar-refractivity contribution in [1.82, 2.24) is 0 Å². The summed E-state index contributed by atoms with van der Waals surface area (Å²) < 4.78 is 2.21. The number of benzene rings is 1. The molecule has 1 aromatic heterocycles. The molecular weight excluding hydrogens is 264 g/mol. The molecule has 102 valence electrons. The first kappa shape index (κ1) is 13.3. The molecule has 0 saturated heterocycles. The fourth-order valence-electron chi connectivity index (χ4n) is 2.47. The first-order valence-corrected chi connectivity index (χ1v) is 7.57. The van der Waals surface area contributed by atoms with E-state index >= 15 is 0 Å². The van der Waals surface area contributed by atoms with Crippen LogP contribution in [0.4, 0.5) is 5.69 Å². The number of aryl methyl sites for hydroxylation is 2. The molecule has 0 aliphatic carbocycles. The summed E-state index contributed by atoms with van der Waals surface area (Å²) in [7, 11) is 4.24. The minimum atomic E-state index is 1.26. The SMILES string of the molecule is Cc1cc(/C=C2\Sc3ccccc3N2C)cc(C)[n+]1C. The number of fused-ring (bicyclic) bond motifs is 1. The predicted molar refractivity (Wildman–Crippen MR) is 85.8 cm³/mol. The highest BCUT2D eigenvalue weighted by atomic mass is 32.2. The van der Waals surface area contributed by atoms with Crippen LogP contribution in [0.15, 0.2) is 46.3 Å². The van der Waals surface area contributed by atoms with Crippen LogP contribution < -0.4 is 9.47 Å². The Hall–Kier alpha value is -1.74. The van der Waals surface area contributed by atoms with Crippen molar-refractivity contribution in [3.63, 3.8) is 0 Å². The van der Waals surface area contributed by atoms with Crippen LogP contribution >= 0.6 is 11.8 Å². The van der Waals surface area contributed by atoms with Gasteiger partial charge in [-0.15, -0.1) is 0 Å². The lowest BCUT2D eigenvalue weighted by molar-refractivity contribution is -0.683. The predicted octanol–water partition coefficient (Wildman–Crippen LogP) is 3.67. The number of hydrogen-bond donors (Lipinski definition) is 0. The molecule has 3 heteroatoms. The molecule has 1 aromatic carbocycles. The highest BCUT2D eigenvalue weighted by Gasteiger charge is 2.21. The number of para-hydroxylation sites is 1. The van der Waals surface area contributed by atoms with E-state index < -0.39 is 0 Å². The van der Waals surface area contributed by atoms with Gasteiger partial charge in [0.25, 0.3) is 0 Å². The number of thioether (sulfide) groups is 1. The molecule has 0 fully saturated rings. The minimum Gasteiger partial charge on any atom is -0.338 e. The molecular formula is C17H19N2S+. The monoisotopic (exact) mass is 283 g/mol. The average Bonchev–Trinajstić information content (AvgIpc) is 2.73. The molecule has 2 aromatic rings. The molecule has 1 aliphatic heterocycles. The van der Waals surface area contributed by atoms with Gasteiger partial charge >= 0.3 is 0 Å². The molecule has 1 aliphatic rings. The summed E-state index contributed by atoms with van der Waals surface area (Å²) in [5.74, 6) is 0. The molecule has 3 rings (SSSR count). The second-order valence-corrected chi connectivity index (χ2v) is 6.30. The summed E-state index contributed by atoms with van der Waals surface area (Å²) >= 11 is 1.84. The second kappa shape index (κ2) is 4.98. The standard InChI is InChI=1S/C17H19N2S/c1-12-9-14(10-13(2)18(12)3)11-17-19(4)15-7-5-6-8-16(15)20-17/h5-11H,1-4H3/q+1. The Morgan fingerprint density at radius 1 is 1.10 bits per heavy atom. The van der Waals surface area contributed by atoms with Crippen molar-refractivity contribution >= 4 is 23.5 Å². The van der Waals surface area contributed by atoms with Gasteiger partial charge in [0.2, 0.25) is 0 Å². The van der Waals surface area contributed by atoms with Crippen LogP contribution in [0.3, 0.4) is 0 Å². The molecule has 20 heavy (non-hydrogen) atoms. The van der Waals surface area contributed by atoms with Crippen molar-refractivity contribution in [3.05, 3.63) is 58.4 Å². The number of aromatic nitrogens is 1. The van der Waals surface area contributed by atoms with Crippen molar-refractivity contribution in [2.24, 2.45) is 7.05 Å². The van der Waals surface area contributed by atoms with Crippen LogP contribution in [0.2, 0.25) is 0 Å². The average molecular weight is 283 g/mol. The molecule has 0 bridgehead atoms. The fourth-order valence-corrected chi connectivity index (χ4v) is 3.58. The lowest BCUT2D eigenvalue weighted by Crippen LogP contribution is -2.35. The van der Waals surface area contributed by atoms with E-state index in [1.807, 2.05) is 11.8 Å². The number of rotatable bonds is 1. The highest BCUT2D eigenvalue weighted by molar-refractivity contribution is 8.03. The molecule has 2 nitrogen and oxygen atoms in total. The Balaban J connectivity index is 1.99. The first-order valence-electron chi connectivity index (χ1n) is 6.76. The third kappa shape index (κ3) is 2.22. The zero-order valence-electron chi connectivity index (χ0n) is 12.3. The normalized spacial score (nSPS) is 15.8. The van der Waals surface area contributed by atoms with Crippen LogP contribution in [0.5, 0.6) is 0 Å². The molecule has 0 amide bonds. The maximum absolute atomic E-state index is 2.27. The minimum absolute atomic E-state index is 1.26. The molecule has 0 radical (unpaired) electrons. The quantitative estimate of drug-likeness (QED) is 0.737. The summed E-state index contributed by atoms with van der Waals surface area (Å²) in [6, 6.07) is 13.0. The van der Waals surface area contributed by atoms with Gasteiger partial charge in [-0.05, 0) is 23.8 Å². The fraction of sp³-hybridized carbons (Fsp3) is 0.235. The van der Waals surface area contributed by atoms with Gasteiger partial charge in [0.1, 0.15) is 7.05 Å². The van der Waals surface area contributed by atoms with Crippen molar-refractivity contribution in [2.45, 2.75) is 18.7 Å². The molecule has 0 N–H and O–H groups in total. The van der Waals surface area contributed by atoms with Crippen LogP contribution in [0, 0.1) is 13.8 Å². The van der Waals surface area contributed by atoms with E-state index in [-0.39, 0.29) is 0 Å². The van der Waals surface area contributed by atoms with E-state index in [0.29, 0.717) is 0 Å². The number of anilines is 1. The number of nitrogens with zero attached hydrogens (tertiary/aromatic N) is 2.